The highest BCUT2D eigenvalue weighted by atomic mass is 14.9. The van der Waals surface area contributed by atoms with Gasteiger partial charge in [-0.3, -0.25) is 0 Å². The van der Waals surface area contributed by atoms with Gasteiger partial charge in [0.1, 0.15) is 0 Å². The summed E-state index contributed by atoms with van der Waals surface area (Å²) in [5.41, 5.74) is 28.3. The Labute approximate surface area is 428 Å². The third-order valence-corrected chi connectivity index (χ3v) is 18.0. The average molecular weight is 941 g/mol. The summed E-state index contributed by atoms with van der Waals surface area (Å²) in [6.45, 7) is 9.55. The van der Waals surface area contributed by atoms with Crippen LogP contribution in [0.25, 0.3) is 143 Å². The molecule has 2 aliphatic carbocycles. The first kappa shape index (κ1) is 40.6. The Morgan fingerprint density at radius 1 is 0.257 bits per heavy atom. The molecule has 346 valence electrons. The summed E-state index contributed by atoms with van der Waals surface area (Å²) < 4.78 is 5.31. The lowest BCUT2D eigenvalue weighted by Crippen LogP contribution is -2.14. The van der Waals surface area contributed by atoms with Crippen LogP contribution >= 0.6 is 0 Å². The van der Waals surface area contributed by atoms with Gasteiger partial charge in [-0.05, 0) is 102 Å². The number of nitrogens with zero attached hydrogens (tertiary/aromatic N) is 2. The second-order valence-electron chi connectivity index (χ2n) is 22.3. The van der Waals surface area contributed by atoms with Crippen molar-refractivity contribution in [2.75, 3.05) is 0 Å². The van der Waals surface area contributed by atoms with E-state index < -0.39 is 0 Å². The Balaban J connectivity index is 1.04. The predicted molar refractivity (Wildman–Crippen MR) is 313 cm³/mol. The lowest BCUT2D eigenvalue weighted by molar-refractivity contribution is 0.660. The van der Waals surface area contributed by atoms with Crippen LogP contribution in [0.15, 0.2) is 218 Å². The van der Waals surface area contributed by atoms with Crippen LogP contribution in [0.2, 0.25) is 0 Å². The first-order valence-corrected chi connectivity index (χ1v) is 26.3. The van der Waals surface area contributed by atoms with Gasteiger partial charge in [0, 0.05) is 65.0 Å². The van der Waals surface area contributed by atoms with Crippen molar-refractivity contribution in [2.24, 2.45) is 0 Å². The van der Waals surface area contributed by atoms with Crippen molar-refractivity contribution in [3.63, 3.8) is 0 Å². The molecule has 0 atom stereocenters. The third kappa shape index (κ3) is 4.87. The van der Waals surface area contributed by atoms with Gasteiger partial charge in [0.05, 0.1) is 33.1 Å². The lowest BCUT2D eigenvalue weighted by Gasteiger charge is -2.22. The quantitative estimate of drug-likeness (QED) is 0.166. The zero-order valence-electron chi connectivity index (χ0n) is 41.7. The molecule has 0 unspecified atom stereocenters. The Morgan fingerprint density at radius 2 is 0.622 bits per heavy atom. The van der Waals surface area contributed by atoms with Crippen LogP contribution in [0.4, 0.5) is 0 Å². The molecule has 4 heterocycles. The summed E-state index contributed by atoms with van der Waals surface area (Å²) in [6, 6.07) is 83.1. The van der Waals surface area contributed by atoms with Gasteiger partial charge in [-0.25, -0.2) is 0 Å². The molecule has 4 aromatic heterocycles. The minimum absolute atomic E-state index is 0.106. The van der Waals surface area contributed by atoms with E-state index in [0.717, 1.165) is 0 Å². The van der Waals surface area contributed by atoms with Crippen molar-refractivity contribution in [1.82, 2.24) is 8.80 Å². The van der Waals surface area contributed by atoms with Gasteiger partial charge in [-0.2, -0.15) is 0 Å². The number of para-hydroxylation sites is 2. The summed E-state index contributed by atoms with van der Waals surface area (Å²) in [5, 5.41) is 10.3. The Hall–Kier alpha value is -8.98. The summed E-state index contributed by atoms with van der Waals surface area (Å²) >= 11 is 0. The average Bonchev–Trinajstić information content (AvgIpc) is 4.33. The zero-order valence-corrected chi connectivity index (χ0v) is 41.7. The van der Waals surface area contributed by atoms with Crippen molar-refractivity contribution >= 4 is 76.2 Å². The molecule has 17 rings (SSSR count). The van der Waals surface area contributed by atoms with E-state index in [4.69, 9.17) is 0 Å². The number of aromatic nitrogens is 2. The van der Waals surface area contributed by atoms with Crippen molar-refractivity contribution < 1.29 is 0 Å². The van der Waals surface area contributed by atoms with E-state index in [1.54, 1.807) is 0 Å². The van der Waals surface area contributed by atoms with Crippen LogP contribution in [0.3, 0.4) is 0 Å². The zero-order chi connectivity index (χ0) is 48.9. The van der Waals surface area contributed by atoms with E-state index in [2.05, 4.69) is 255 Å². The van der Waals surface area contributed by atoms with Crippen LogP contribution in [-0.4, -0.2) is 8.80 Å². The lowest BCUT2D eigenvalue weighted by atomic mass is 9.81. The van der Waals surface area contributed by atoms with Gasteiger partial charge < -0.3 is 8.80 Å². The monoisotopic (exact) mass is 940 g/mol. The second-order valence-corrected chi connectivity index (χ2v) is 22.3. The molecule has 2 nitrogen and oxygen atoms in total. The van der Waals surface area contributed by atoms with Gasteiger partial charge in [0.25, 0.3) is 0 Å². The SMILES string of the molecule is CC1(C)c2ccccc2-c2ccc(-c3ccc4c5c(-c6ccccc6)c6c(c(-c7ccccc7)c5n5c7ccccc7c3c45)c3ccc(-c4ccc5c(c4)C(C)(C)c4ccccc4-5)c4c5ccccc5n6c34)cc21. The number of benzene rings is 11. The van der Waals surface area contributed by atoms with Gasteiger partial charge in [-0.1, -0.05) is 222 Å². The molecule has 0 bridgehead atoms. The summed E-state index contributed by atoms with van der Waals surface area (Å²) in [6.07, 6.45) is 0. The molecule has 11 aromatic carbocycles. The fraction of sp³-hybridized carbons (Fsp3) is 0.0833. The maximum absolute atomic E-state index is 2.66. The summed E-state index contributed by atoms with van der Waals surface area (Å²) in [4.78, 5) is 0. The highest BCUT2D eigenvalue weighted by molar-refractivity contribution is 6.39. The molecule has 0 fully saturated rings. The van der Waals surface area contributed by atoms with E-state index in [1.165, 1.54) is 165 Å². The van der Waals surface area contributed by atoms with Gasteiger partial charge in [-0.15, -0.1) is 0 Å². The topological polar surface area (TPSA) is 8.82 Å². The Bertz CT molecular complexity index is 4610. The molecule has 0 saturated carbocycles. The van der Waals surface area contributed by atoms with E-state index in [1.807, 2.05) is 0 Å². The van der Waals surface area contributed by atoms with Crippen LogP contribution in [-0.2, 0) is 10.8 Å². The van der Waals surface area contributed by atoms with E-state index >= 15 is 0 Å². The first-order chi connectivity index (χ1) is 36.3. The van der Waals surface area contributed by atoms with Crippen molar-refractivity contribution in [3.05, 3.63) is 241 Å². The van der Waals surface area contributed by atoms with Gasteiger partial charge in [0.2, 0.25) is 0 Å². The number of hydrogen-bond donors (Lipinski definition) is 0. The molecular formula is C72H48N2. The number of hydrogen-bond acceptors (Lipinski definition) is 0. The smallest absolute Gasteiger partial charge is 0.0634 e. The van der Waals surface area contributed by atoms with Crippen LogP contribution in [0, 0.1) is 0 Å². The minimum Gasteiger partial charge on any atom is -0.307 e. The van der Waals surface area contributed by atoms with Crippen LogP contribution in [0.1, 0.15) is 49.9 Å². The predicted octanol–water partition coefficient (Wildman–Crippen LogP) is 19.3. The Morgan fingerprint density at radius 3 is 1.07 bits per heavy atom. The molecule has 0 aliphatic heterocycles. The van der Waals surface area contributed by atoms with Gasteiger partial charge >= 0.3 is 0 Å². The normalized spacial score (nSPS) is 14.4. The fourth-order valence-corrected chi connectivity index (χ4v) is 14.8. The molecule has 2 heteroatoms. The fourth-order valence-electron chi connectivity index (χ4n) is 14.8. The molecule has 74 heavy (non-hydrogen) atoms. The molecule has 0 N–H and O–H groups in total. The van der Waals surface area contributed by atoms with Crippen LogP contribution in [0.5, 0.6) is 0 Å². The number of fused-ring (bicyclic) bond motifs is 18. The summed E-state index contributed by atoms with van der Waals surface area (Å²) in [5.74, 6) is 0. The molecule has 0 amide bonds. The molecule has 15 aromatic rings. The van der Waals surface area contributed by atoms with E-state index in [-0.39, 0.29) is 10.8 Å². The highest BCUT2D eigenvalue weighted by Gasteiger charge is 2.38. The third-order valence-electron chi connectivity index (χ3n) is 18.0. The van der Waals surface area contributed by atoms with Crippen molar-refractivity contribution in [3.8, 4) is 66.8 Å². The number of rotatable bonds is 4. The van der Waals surface area contributed by atoms with E-state index in [9.17, 15) is 0 Å². The van der Waals surface area contributed by atoms with Crippen molar-refractivity contribution in [1.29, 1.82) is 0 Å². The molecule has 0 saturated heterocycles. The second kappa shape index (κ2) is 13.9. The first-order valence-electron chi connectivity index (χ1n) is 26.3. The summed E-state index contributed by atoms with van der Waals surface area (Å²) in [7, 11) is 0. The molecule has 2 aliphatic rings. The molecule has 0 spiro atoms. The highest BCUT2D eigenvalue weighted by Crippen LogP contribution is 2.57. The standard InChI is InChI=1S/C72H48N2/c1-71(2)55-27-15-11-23-47(55)49-33-31-43(39-57(49)71)45-35-37-53-65-61(41-19-7-5-8-20-41)70-66(62(42-21-9-6-10-22-42)69(65)73-59-29-17-13-25-51(59)63(45)67(53)73)54-38-36-46(64-52-26-14-18-30-60(52)74(70)68(54)64)44-32-34-50-48-24-12-16-28-56(48)72(3,4)58(50)40-44/h5-40H,1-4H3. The van der Waals surface area contributed by atoms with Crippen molar-refractivity contribution in [2.45, 2.75) is 38.5 Å². The minimum atomic E-state index is -0.106. The van der Waals surface area contributed by atoms with E-state index in [0.29, 0.717) is 0 Å². The Kier molecular flexibility index (Phi) is 7.65. The van der Waals surface area contributed by atoms with Crippen LogP contribution < -0.4 is 0 Å². The van der Waals surface area contributed by atoms with Gasteiger partial charge in [0.15, 0.2) is 0 Å². The maximum Gasteiger partial charge on any atom is 0.0634 e. The maximum atomic E-state index is 2.66. The molecular weight excluding hydrogens is 893 g/mol. The molecule has 0 radical (unpaired) electrons. The largest absolute Gasteiger partial charge is 0.307 e.